The summed E-state index contributed by atoms with van der Waals surface area (Å²) in [7, 11) is 0. The third-order valence-electron chi connectivity index (χ3n) is 6.84. The Hall–Kier alpha value is -5.10. The number of para-hydroxylation sites is 3. The molecule has 6 rings (SSSR count). The van der Waals surface area contributed by atoms with Gasteiger partial charge < -0.3 is 24.9 Å². The average Bonchev–Trinajstić information content (AvgIpc) is 3.01. The van der Waals surface area contributed by atoms with Crippen molar-refractivity contribution in [1.29, 1.82) is 0 Å². The maximum Gasteiger partial charge on any atom is 0.352 e. The van der Waals surface area contributed by atoms with Crippen molar-refractivity contribution in [2.75, 3.05) is 19.0 Å². The molecular formula is C30H24N4O7S. The zero-order chi connectivity index (χ0) is 29.2. The Bertz CT molecular complexity index is 1790. The first kappa shape index (κ1) is 27.1. The van der Waals surface area contributed by atoms with Crippen LogP contribution in [0.1, 0.15) is 0 Å². The third kappa shape index (κ3) is 5.19. The fourth-order valence-corrected chi connectivity index (χ4v) is 6.17. The number of nitrogens with zero attached hydrogens (tertiary/aromatic N) is 2. The van der Waals surface area contributed by atoms with Crippen LogP contribution in [0.2, 0.25) is 0 Å². The molecule has 3 aromatic carbocycles. The molecule has 1 unspecified atom stereocenters. The van der Waals surface area contributed by atoms with Gasteiger partial charge in [-0.15, -0.1) is 11.8 Å². The Morgan fingerprint density at radius 1 is 1.00 bits per heavy atom. The molecule has 1 fully saturated rings. The monoisotopic (exact) mass is 584 g/mol. The van der Waals surface area contributed by atoms with Crippen molar-refractivity contribution >= 4 is 40.4 Å². The van der Waals surface area contributed by atoms with Crippen molar-refractivity contribution in [1.82, 2.24) is 20.2 Å². The van der Waals surface area contributed by atoms with Crippen molar-refractivity contribution in [3.63, 3.8) is 0 Å². The Balaban J connectivity index is 1.17. The summed E-state index contributed by atoms with van der Waals surface area (Å²) in [6.07, 6.45) is 0. The molecule has 42 heavy (non-hydrogen) atoms. The minimum absolute atomic E-state index is 0.109. The lowest BCUT2D eigenvalue weighted by atomic mass is 10.0. The summed E-state index contributed by atoms with van der Waals surface area (Å²) < 4.78 is 11.5. The molecule has 0 radical (unpaired) electrons. The van der Waals surface area contributed by atoms with Crippen LogP contribution in [0.25, 0.3) is 22.3 Å². The number of ether oxygens (including phenoxy) is 2. The van der Waals surface area contributed by atoms with Crippen LogP contribution in [-0.2, 0) is 14.4 Å². The van der Waals surface area contributed by atoms with Gasteiger partial charge in [-0.2, -0.15) is 0 Å². The highest BCUT2D eigenvalue weighted by Gasteiger charge is 2.54. The number of nitrogens with one attached hydrogen (secondary N) is 2. The summed E-state index contributed by atoms with van der Waals surface area (Å²) in [6.45, 7) is -0.384. The molecule has 2 aliphatic rings. The number of H-pyrrole nitrogens is 1. The molecule has 3 heterocycles. The number of carboxylic acid groups (broad SMARTS) is 1. The van der Waals surface area contributed by atoms with Gasteiger partial charge in [-0.05, 0) is 36.4 Å². The Labute approximate surface area is 243 Å². The second-order valence-corrected chi connectivity index (χ2v) is 10.6. The number of hydrogen-bond donors (Lipinski definition) is 3. The summed E-state index contributed by atoms with van der Waals surface area (Å²) in [5.41, 5.74) is 1.01. The number of rotatable bonds is 9. The first-order valence-electron chi connectivity index (χ1n) is 13.0. The normalized spacial score (nSPS) is 17.8. The fourth-order valence-electron chi connectivity index (χ4n) is 4.84. The van der Waals surface area contributed by atoms with Gasteiger partial charge in [0.1, 0.15) is 41.0 Å². The number of fused-ring (bicyclic) bond motifs is 2. The number of amides is 2. The molecule has 0 aliphatic carbocycles. The van der Waals surface area contributed by atoms with Crippen LogP contribution in [0.5, 0.6) is 11.5 Å². The van der Waals surface area contributed by atoms with E-state index in [1.54, 1.807) is 72.8 Å². The van der Waals surface area contributed by atoms with Crippen molar-refractivity contribution in [3.05, 3.63) is 100 Å². The highest BCUT2D eigenvalue weighted by atomic mass is 32.2. The largest absolute Gasteiger partial charge is 0.488 e. The van der Waals surface area contributed by atoms with E-state index < -0.39 is 29.2 Å². The van der Waals surface area contributed by atoms with Crippen molar-refractivity contribution in [2.45, 2.75) is 11.4 Å². The molecule has 0 bridgehead atoms. The van der Waals surface area contributed by atoms with E-state index in [0.717, 1.165) is 0 Å². The summed E-state index contributed by atoms with van der Waals surface area (Å²) in [6, 6.07) is 21.9. The number of benzene rings is 3. The Kier molecular flexibility index (Phi) is 7.36. The van der Waals surface area contributed by atoms with Crippen molar-refractivity contribution in [2.24, 2.45) is 0 Å². The van der Waals surface area contributed by atoms with Crippen LogP contribution in [0.4, 0.5) is 0 Å². The number of carbonyl (C=O) groups excluding carboxylic acids is 2. The van der Waals surface area contributed by atoms with E-state index in [4.69, 9.17) is 9.47 Å². The predicted molar refractivity (Wildman–Crippen MR) is 155 cm³/mol. The minimum Gasteiger partial charge on any atom is -0.488 e. The number of carbonyl (C=O) groups is 3. The molecule has 212 valence electrons. The molecule has 1 saturated heterocycles. The average molecular weight is 585 g/mol. The lowest BCUT2D eigenvalue weighted by Crippen LogP contribution is -2.71. The SMILES string of the molecule is O=C(COc1ccccc1)NC1C(=O)N2C(C(=O)O)=C(COc3ccccc3-c3nc4ccccc4c(=O)[nH]3)CS[C@@H]12. The van der Waals surface area contributed by atoms with E-state index in [1.807, 2.05) is 6.07 Å². The highest BCUT2D eigenvalue weighted by Crippen LogP contribution is 2.40. The van der Waals surface area contributed by atoms with Crippen LogP contribution < -0.4 is 20.3 Å². The molecule has 11 nitrogen and oxygen atoms in total. The fraction of sp³-hybridized carbons (Fsp3) is 0.167. The molecule has 4 aromatic rings. The van der Waals surface area contributed by atoms with Crippen LogP contribution in [0.15, 0.2) is 94.9 Å². The number of carboxylic acids is 1. The zero-order valence-corrected chi connectivity index (χ0v) is 22.8. The molecule has 0 spiro atoms. The Morgan fingerprint density at radius 3 is 2.55 bits per heavy atom. The molecule has 12 heteroatoms. The smallest absolute Gasteiger partial charge is 0.352 e. The van der Waals surface area contributed by atoms with Crippen molar-refractivity contribution in [3.8, 4) is 22.9 Å². The molecular weight excluding hydrogens is 560 g/mol. The van der Waals surface area contributed by atoms with Gasteiger partial charge in [0.15, 0.2) is 6.61 Å². The van der Waals surface area contributed by atoms with Gasteiger partial charge in [0.25, 0.3) is 17.4 Å². The first-order chi connectivity index (χ1) is 20.4. The topological polar surface area (TPSA) is 151 Å². The second kappa shape index (κ2) is 11.4. The van der Waals surface area contributed by atoms with E-state index in [2.05, 4.69) is 15.3 Å². The maximum atomic E-state index is 13.0. The maximum absolute atomic E-state index is 13.0. The second-order valence-electron chi connectivity index (χ2n) is 9.53. The van der Waals surface area contributed by atoms with Gasteiger partial charge in [0, 0.05) is 11.3 Å². The summed E-state index contributed by atoms with van der Waals surface area (Å²) in [5.74, 6) is -0.773. The van der Waals surface area contributed by atoms with Crippen LogP contribution in [-0.4, -0.2) is 68.1 Å². The molecule has 1 aromatic heterocycles. The molecule has 2 amide bonds. The number of β-lactam (4-membered cyclic amide) rings is 1. The quantitative estimate of drug-likeness (QED) is 0.252. The summed E-state index contributed by atoms with van der Waals surface area (Å²) >= 11 is 1.34. The standard InChI is InChI=1S/C30H24N4O7S/c35-23(15-40-18-8-2-1-3-9-18)32-24-28(37)34-25(30(38)39)17(16-42-29(24)34)14-41-22-13-7-5-11-20(22)26-31-21-12-6-4-10-19(21)27(36)33-26/h1-13,24,29H,14-16H2,(H,32,35)(H,38,39)(H,31,33,36)/t24?,29-/m0/s1. The molecule has 2 aliphatic heterocycles. The number of aromatic nitrogens is 2. The number of aliphatic carboxylic acids is 1. The third-order valence-corrected chi connectivity index (χ3v) is 8.18. The van der Waals surface area contributed by atoms with Crippen LogP contribution in [0.3, 0.4) is 0 Å². The van der Waals surface area contributed by atoms with Gasteiger partial charge in [-0.1, -0.05) is 42.5 Å². The molecule has 0 saturated carbocycles. The number of thioether (sulfide) groups is 1. The van der Waals surface area contributed by atoms with Crippen molar-refractivity contribution < 1.29 is 29.0 Å². The van der Waals surface area contributed by atoms with Gasteiger partial charge in [0.05, 0.1) is 16.5 Å². The van der Waals surface area contributed by atoms with Crippen LogP contribution in [0, 0.1) is 0 Å². The summed E-state index contributed by atoms with van der Waals surface area (Å²) in [4.78, 5) is 58.9. The van der Waals surface area contributed by atoms with E-state index >= 15 is 0 Å². The summed E-state index contributed by atoms with van der Waals surface area (Å²) in [5, 5.41) is 12.6. The lowest BCUT2D eigenvalue weighted by molar-refractivity contribution is -0.151. The van der Waals surface area contributed by atoms with Crippen LogP contribution >= 0.6 is 11.8 Å². The van der Waals surface area contributed by atoms with E-state index in [0.29, 0.717) is 39.4 Å². The van der Waals surface area contributed by atoms with E-state index in [1.165, 1.54) is 16.7 Å². The number of hydrogen-bond acceptors (Lipinski definition) is 8. The zero-order valence-electron chi connectivity index (χ0n) is 22.0. The minimum atomic E-state index is -1.27. The van der Waals surface area contributed by atoms with Gasteiger partial charge in [-0.25, -0.2) is 9.78 Å². The molecule has 3 N–H and O–H groups in total. The van der Waals surface area contributed by atoms with Gasteiger partial charge >= 0.3 is 5.97 Å². The van der Waals surface area contributed by atoms with E-state index in [9.17, 15) is 24.3 Å². The number of aromatic amines is 1. The highest BCUT2D eigenvalue weighted by molar-refractivity contribution is 8.00. The van der Waals surface area contributed by atoms with Gasteiger partial charge in [-0.3, -0.25) is 19.3 Å². The van der Waals surface area contributed by atoms with E-state index in [-0.39, 0.29) is 30.2 Å². The first-order valence-corrected chi connectivity index (χ1v) is 14.0. The van der Waals surface area contributed by atoms with Gasteiger partial charge in [0.2, 0.25) is 0 Å². The lowest BCUT2D eigenvalue weighted by Gasteiger charge is -2.49. The molecule has 2 atom stereocenters. The predicted octanol–water partition coefficient (Wildman–Crippen LogP) is 2.79. The Morgan fingerprint density at radius 2 is 1.74 bits per heavy atom.